The first-order valence-electron chi connectivity index (χ1n) is 4.91. The van der Waals surface area contributed by atoms with Gasteiger partial charge in [0.05, 0.1) is 19.5 Å². The predicted octanol–water partition coefficient (Wildman–Crippen LogP) is 1.43. The van der Waals surface area contributed by atoms with Gasteiger partial charge in [-0.15, -0.1) is 0 Å². The highest BCUT2D eigenvalue weighted by Gasteiger charge is 2.07. The first-order chi connectivity index (χ1) is 7.77. The van der Waals surface area contributed by atoms with Crippen LogP contribution in [0.25, 0.3) is 0 Å². The van der Waals surface area contributed by atoms with E-state index < -0.39 is 5.97 Å². The number of ether oxygens (including phenoxy) is 1. The zero-order valence-corrected chi connectivity index (χ0v) is 10.2. The van der Waals surface area contributed by atoms with E-state index in [1.165, 1.54) is 13.3 Å². The molecule has 0 spiro atoms. The van der Waals surface area contributed by atoms with Crippen molar-refractivity contribution in [2.45, 2.75) is 6.42 Å². The lowest BCUT2D eigenvalue weighted by atomic mass is 10.4. The van der Waals surface area contributed by atoms with Crippen LogP contribution >= 0.6 is 11.8 Å². The molecule has 1 N–H and O–H groups in total. The molecule has 0 saturated heterocycles. The Morgan fingerprint density at radius 2 is 2.38 bits per heavy atom. The molecule has 0 aromatic carbocycles. The molecular formula is C10H15N3O2S. The number of esters is 1. The van der Waals surface area contributed by atoms with E-state index in [1.807, 2.05) is 0 Å². The smallest absolute Gasteiger partial charge is 0.358 e. The summed E-state index contributed by atoms with van der Waals surface area (Å²) >= 11 is 1.80. The second-order valence-electron chi connectivity index (χ2n) is 3.05. The number of thioether (sulfide) groups is 1. The van der Waals surface area contributed by atoms with Crippen molar-refractivity contribution in [2.75, 3.05) is 31.0 Å². The number of carbonyl (C=O) groups excluding carboxylic acids is 1. The summed E-state index contributed by atoms with van der Waals surface area (Å²) in [6.07, 6.45) is 6.09. The summed E-state index contributed by atoms with van der Waals surface area (Å²) in [5, 5.41) is 3.10. The van der Waals surface area contributed by atoms with Crippen molar-refractivity contribution in [2.24, 2.45) is 0 Å². The zero-order valence-electron chi connectivity index (χ0n) is 9.40. The van der Waals surface area contributed by atoms with Gasteiger partial charge in [0.1, 0.15) is 5.82 Å². The Balaban J connectivity index is 2.50. The van der Waals surface area contributed by atoms with Gasteiger partial charge in [-0.3, -0.25) is 4.98 Å². The Morgan fingerprint density at radius 3 is 3.06 bits per heavy atom. The van der Waals surface area contributed by atoms with E-state index in [9.17, 15) is 4.79 Å². The van der Waals surface area contributed by atoms with Crippen molar-refractivity contribution < 1.29 is 9.53 Å². The van der Waals surface area contributed by atoms with Crippen LogP contribution in [0.15, 0.2) is 12.4 Å². The number of hydrogen-bond donors (Lipinski definition) is 1. The minimum Gasteiger partial charge on any atom is -0.464 e. The van der Waals surface area contributed by atoms with Crippen LogP contribution in [0.4, 0.5) is 5.82 Å². The molecule has 5 nitrogen and oxygen atoms in total. The average molecular weight is 241 g/mol. The fourth-order valence-electron chi connectivity index (χ4n) is 1.09. The lowest BCUT2D eigenvalue weighted by molar-refractivity contribution is 0.0593. The lowest BCUT2D eigenvalue weighted by Gasteiger charge is -2.05. The monoisotopic (exact) mass is 241 g/mol. The van der Waals surface area contributed by atoms with Gasteiger partial charge in [0.25, 0.3) is 0 Å². The number of nitrogens with zero attached hydrogens (tertiary/aromatic N) is 2. The Kier molecular flexibility index (Phi) is 5.63. The Hall–Kier alpha value is -1.30. The Bertz CT molecular complexity index is 347. The molecule has 0 saturated carbocycles. The van der Waals surface area contributed by atoms with Gasteiger partial charge in [0.15, 0.2) is 5.69 Å². The largest absolute Gasteiger partial charge is 0.464 e. The van der Waals surface area contributed by atoms with E-state index in [0.717, 1.165) is 18.7 Å². The Morgan fingerprint density at radius 1 is 1.56 bits per heavy atom. The van der Waals surface area contributed by atoms with E-state index in [4.69, 9.17) is 0 Å². The number of aromatic nitrogens is 2. The van der Waals surface area contributed by atoms with Gasteiger partial charge in [-0.05, 0) is 18.4 Å². The highest BCUT2D eigenvalue weighted by atomic mass is 32.2. The topological polar surface area (TPSA) is 64.1 Å². The average Bonchev–Trinajstić information content (AvgIpc) is 2.34. The van der Waals surface area contributed by atoms with E-state index in [-0.39, 0.29) is 5.69 Å². The maximum absolute atomic E-state index is 11.2. The summed E-state index contributed by atoms with van der Waals surface area (Å²) in [6.45, 7) is 0.820. The van der Waals surface area contributed by atoms with Crippen molar-refractivity contribution in [3.8, 4) is 0 Å². The van der Waals surface area contributed by atoms with Crippen molar-refractivity contribution in [1.82, 2.24) is 9.97 Å². The molecule has 1 heterocycles. The first-order valence-corrected chi connectivity index (χ1v) is 6.30. The molecule has 16 heavy (non-hydrogen) atoms. The highest BCUT2D eigenvalue weighted by molar-refractivity contribution is 7.98. The van der Waals surface area contributed by atoms with E-state index in [1.54, 1.807) is 18.0 Å². The summed E-state index contributed by atoms with van der Waals surface area (Å²) in [5.74, 6) is 1.22. The molecule has 6 heteroatoms. The number of anilines is 1. The molecule has 0 amide bonds. The molecule has 1 aromatic heterocycles. The maximum atomic E-state index is 11.2. The molecule has 0 aliphatic rings. The molecule has 0 atom stereocenters. The molecule has 0 radical (unpaired) electrons. The van der Waals surface area contributed by atoms with Crippen LogP contribution in [0, 0.1) is 0 Å². The third kappa shape index (κ3) is 4.06. The molecule has 0 fully saturated rings. The SMILES string of the molecule is COC(=O)c1cncc(NCCCSC)n1. The molecule has 1 rings (SSSR count). The predicted molar refractivity (Wildman–Crippen MR) is 64.9 cm³/mol. The summed E-state index contributed by atoms with van der Waals surface area (Å²) in [4.78, 5) is 19.2. The standard InChI is InChI=1S/C10H15N3O2S/c1-15-10(14)8-6-11-7-9(13-8)12-4-3-5-16-2/h6-7H,3-5H2,1-2H3,(H,12,13). The maximum Gasteiger partial charge on any atom is 0.358 e. The third-order valence-electron chi connectivity index (χ3n) is 1.86. The summed E-state index contributed by atoms with van der Waals surface area (Å²) in [5.41, 5.74) is 0.220. The summed E-state index contributed by atoms with van der Waals surface area (Å²) in [7, 11) is 1.32. The van der Waals surface area contributed by atoms with E-state index >= 15 is 0 Å². The second kappa shape index (κ2) is 7.05. The van der Waals surface area contributed by atoms with Crippen LogP contribution in [-0.4, -0.2) is 41.6 Å². The highest BCUT2D eigenvalue weighted by Crippen LogP contribution is 2.04. The number of nitrogens with one attached hydrogen (secondary N) is 1. The minimum absolute atomic E-state index is 0.220. The van der Waals surface area contributed by atoms with Crippen LogP contribution < -0.4 is 5.32 Å². The van der Waals surface area contributed by atoms with Gasteiger partial charge in [0.2, 0.25) is 0 Å². The molecule has 0 aliphatic carbocycles. The second-order valence-corrected chi connectivity index (χ2v) is 4.04. The third-order valence-corrected chi connectivity index (χ3v) is 2.56. The van der Waals surface area contributed by atoms with Crippen LogP contribution in [0.2, 0.25) is 0 Å². The number of hydrogen-bond acceptors (Lipinski definition) is 6. The summed E-state index contributed by atoms with van der Waals surface area (Å²) < 4.78 is 4.56. The zero-order chi connectivity index (χ0) is 11.8. The van der Waals surface area contributed by atoms with Gasteiger partial charge in [-0.2, -0.15) is 11.8 Å². The Labute approximate surface area is 99.0 Å². The van der Waals surface area contributed by atoms with Crippen molar-refractivity contribution in [1.29, 1.82) is 0 Å². The molecule has 0 aliphatic heterocycles. The molecular weight excluding hydrogens is 226 g/mol. The number of methoxy groups -OCH3 is 1. The van der Waals surface area contributed by atoms with Crippen molar-refractivity contribution in [3.05, 3.63) is 18.1 Å². The molecule has 0 unspecified atom stereocenters. The number of carbonyl (C=O) groups is 1. The minimum atomic E-state index is -0.472. The normalized spacial score (nSPS) is 9.88. The van der Waals surface area contributed by atoms with Gasteiger partial charge in [-0.1, -0.05) is 0 Å². The van der Waals surface area contributed by atoms with E-state index in [0.29, 0.717) is 5.82 Å². The molecule has 1 aromatic rings. The fourth-order valence-corrected chi connectivity index (χ4v) is 1.52. The van der Waals surface area contributed by atoms with Crippen LogP contribution in [0.1, 0.15) is 16.9 Å². The van der Waals surface area contributed by atoms with E-state index in [2.05, 4.69) is 26.3 Å². The molecule has 88 valence electrons. The van der Waals surface area contributed by atoms with Gasteiger partial charge in [0, 0.05) is 6.54 Å². The quantitative estimate of drug-likeness (QED) is 0.600. The fraction of sp³-hybridized carbons (Fsp3) is 0.500. The lowest BCUT2D eigenvalue weighted by Crippen LogP contribution is -2.09. The van der Waals surface area contributed by atoms with Crippen LogP contribution in [-0.2, 0) is 4.74 Å². The van der Waals surface area contributed by atoms with Crippen molar-refractivity contribution >= 4 is 23.5 Å². The first kappa shape index (κ1) is 12.8. The van der Waals surface area contributed by atoms with Gasteiger partial charge >= 0.3 is 5.97 Å². The molecule has 0 bridgehead atoms. The van der Waals surface area contributed by atoms with Crippen molar-refractivity contribution in [3.63, 3.8) is 0 Å². The van der Waals surface area contributed by atoms with Gasteiger partial charge in [-0.25, -0.2) is 9.78 Å². The number of rotatable bonds is 6. The van der Waals surface area contributed by atoms with Crippen LogP contribution in [0.5, 0.6) is 0 Å². The van der Waals surface area contributed by atoms with Crippen LogP contribution in [0.3, 0.4) is 0 Å². The van der Waals surface area contributed by atoms with Gasteiger partial charge < -0.3 is 10.1 Å². The summed E-state index contributed by atoms with van der Waals surface area (Å²) in [6, 6.07) is 0.